The maximum absolute atomic E-state index is 12.7. The second kappa shape index (κ2) is 10.3. The van der Waals surface area contributed by atoms with Gasteiger partial charge in [0.25, 0.3) is 5.91 Å². The van der Waals surface area contributed by atoms with Crippen LogP contribution in [0, 0.1) is 13.8 Å². The highest BCUT2D eigenvalue weighted by atomic mass is 32.1. The summed E-state index contributed by atoms with van der Waals surface area (Å²) < 4.78 is 9.96. The van der Waals surface area contributed by atoms with Crippen LogP contribution < -0.4 is 10.6 Å². The quantitative estimate of drug-likeness (QED) is 0.434. The normalized spacial score (nSPS) is 11.6. The summed E-state index contributed by atoms with van der Waals surface area (Å²) in [5, 5.41) is 6.44. The van der Waals surface area contributed by atoms with Crippen molar-refractivity contribution < 1.29 is 28.7 Å². The Kier molecular flexibility index (Phi) is 7.49. The van der Waals surface area contributed by atoms with Crippen LogP contribution in [0.25, 0.3) is 10.9 Å². The first-order valence-electron chi connectivity index (χ1n) is 10.2. The predicted octanol–water partition coefficient (Wildman–Crippen LogP) is 2.86. The molecule has 0 bridgehead atoms. The molecule has 0 aliphatic carbocycles. The molecule has 0 aliphatic rings. The van der Waals surface area contributed by atoms with Gasteiger partial charge in [-0.3, -0.25) is 9.59 Å². The lowest BCUT2D eigenvalue weighted by Gasteiger charge is -2.16. The van der Waals surface area contributed by atoms with Gasteiger partial charge in [-0.2, -0.15) is 0 Å². The first-order chi connectivity index (χ1) is 15.7. The molecule has 3 aromatic rings. The number of para-hydroxylation sites is 1. The average Bonchev–Trinajstić information content (AvgIpc) is 3.31. The molecule has 1 unspecified atom stereocenters. The summed E-state index contributed by atoms with van der Waals surface area (Å²) >= 11 is 1.23. The molecule has 3 rings (SSSR count). The fourth-order valence-corrected chi connectivity index (χ4v) is 4.49. The van der Waals surface area contributed by atoms with Gasteiger partial charge >= 0.3 is 11.9 Å². The highest BCUT2D eigenvalue weighted by Gasteiger charge is 2.25. The number of benzene rings is 1. The summed E-state index contributed by atoms with van der Waals surface area (Å²) in [7, 11) is 1.26. The Bertz CT molecular complexity index is 1210. The van der Waals surface area contributed by atoms with E-state index in [0.717, 1.165) is 21.3 Å². The van der Waals surface area contributed by atoms with Crippen molar-refractivity contribution >= 4 is 51.0 Å². The number of aryl methyl sites for hydroxylation is 1. The third-order valence-electron chi connectivity index (χ3n) is 5.13. The molecular formula is C23H25N3O6S. The average molecular weight is 472 g/mol. The summed E-state index contributed by atoms with van der Waals surface area (Å²) in [5.41, 5.74) is 2.72. The minimum Gasteiger partial charge on any atom is -0.465 e. The molecule has 1 atom stereocenters. The molecule has 10 heteroatoms. The minimum absolute atomic E-state index is 0.194. The largest absolute Gasteiger partial charge is 0.465 e. The van der Waals surface area contributed by atoms with Gasteiger partial charge in [-0.25, -0.2) is 9.59 Å². The highest BCUT2D eigenvalue weighted by Crippen LogP contribution is 2.32. The van der Waals surface area contributed by atoms with Gasteiger partial charge in [-0.1, -0.05) is 18.2 Å². The van der Waals surface area contributed by atoms with Crippen LogP contribution in [0.4, 0.5) is 5.00 Å². The molecule has 2 heterocycles. The van der Waals surface area contributed by atoms with Crippen molar-refractivity contribution in [3.8, 4) is 0 Å². The SMILES string of the molecule is COC(=O)c1c(NC(=O)COC(=O)C(Cc2c[nH]c3ccccc23)NC(C)=O)sc(C)c1C. The van der Waals surface area contributed by atoms with Gasteiger partial charge in [-0.15, -0.1) is 11.3 Å². The summed E-state index contributed by atoms with van der Waals surface area (Å²) in [4.78, 5) is 52.8. The number of esters is 2. The van der Waals surface area contributed by atoms with Crippen molar-refractivity contribution in [2.45, 2.75) is 33.2 Å². The number of nitrogens with one attached hydrogen (secondary N) is 3. The van der Waals surface area contributed by atoms with Crippen LogP contribution in [0.15, 0.2) is 30.5 Å². The molecule has 1 aromatic carbocycles. The van der Waals surface area contributed by atoms with Gasteiger partial charge in [-0.05, 0) is 31.0 Å². The number of hydrogen-bond donors (Lipinski definition) is 3. The number of H-pyrrole nitrogens is 1. The van der Waals surface area contributed by atoms with Crippen molar-refractivity contribution in [3.05, 3.63) is 52.0 Å². The van der Waals surface area contributed by atoms with E-state index in [4.69, 9.17) is 9.47 Å². The van der Waals surface area contributed by atoms with Crippen LogP contribution in [0.3, 0.4) is 0 Å². The van der Waals surface area contributed by atoms with Gasteiger partial charge in [0.05, 0.1) is 12.7 Å². The fraction of sp³-hybridized carbons (Fsp3) is 0.304. The van der Waals surface area contributed by atoms with Crippen molar-refractivity contribution in [3.63, 3.8) is 0 Å². The van der Waals surface area contributed by atoms with Gasteiger partial charge in [0.2, 0.25) is 5.91 Å². The molecule has 0 spiro atoms. The maximum Gasteiger partial charge on any atom is 0.341 e. The lowest BCUT2D eigenvalue weighted by Crippen LogP contribution is -2.43. The van der Waals surface area contributed by atoms with E-state index in [0.29, 0.717) is 10.6 Å². The molecule has 9 nitrogen and oxygen atoms in total. The number of aromatic amines is 1. The highest BCUT2D eigenvalue weighted by molar-refractivity contribution is 7.16. The lowest BCUT2D eigenvalue weighted by molar-refractivity contribution is -0.150. The number of aromatic nitrogens is 1. The molecule has 0 aliphatic heterocycles. The second-order valence-electron chi connectivity index (χ2n) is 7.45. The topological polar surface area (TPSA) is 127 Å². The van der Waals surface area contributed by atoms with E-state index in [2.05, 4.69) is 15.6 Å². The number of methoxy groups -OCH3 is 1. The first kappa shape index (κ1) is 24.0. The Morgan fingerprint density at radius 2 is 1.88 bits per heavy atom. The number of ether oxygens (including phenoxy) is 2. The number of thiophene rings is 1. The van der Waals surface area contributed by atoms with E-state index >= 15 is 0 Å². The Labute approximate surface area is 194 Å². The van der Waals surface area contributed by atoms with Gasteiger partial charge in [0.1, 0.15) is 11.0 Å². The zero-order valence-electron chi connectivity index (χ0n) is 18.7. The standard InChI is InChI=1S/C23H25N3O6S/c1-12-13(2)33-21(20(12)23(30)31-4)26-19(28)11-32-22(29)18(25-14(3)27)9-15-10-24-17-8-6-5-7-16(15)17/h5-8,10,18,24H,9,11H2,1-4H3,(H,25,27)(H,26,28). The Morgan fingerprint density at radius 1 is 1.15 bits per heavy atom. The molecule has 0 fully saturated rings. The van der Waals surface area contributed by atoms with Crippen molar-refractivity contribution in [2.24, 2.45) is 0 Å². The van der Waals surface area contributed by atoms with E-state index in [9.17, 15) is 19.2 Å². The van der Waals surface area contributed by atoms with E-state index in [1.807, 2.05) is 31.2 Å². The van der Waals surface area contributed by atoms with Gasteiger partial charge < -0.3 is 25.1 Å². The van der Waals surface area contributed by atoms with Crippen LogP contribution in [-0.2, 0) is 30.3 Å². The number of rotatable bonds is 8. The smallest absolute Gasteiger partial charge is 0.341 e. The summed E-state index contributed by atoms with van der Waals surface area (Å²) in [6.07, 6.45) is 1.97. The van der Waals surface area contributed by atoms with E-state index in [1.54, 1.807) is 13.1 Å². The van der Waals surface area contributed by atoms with Crippen LogP contribution in [0.1, 0.15) is 33.3 Å². The third kappa shape index (κ3) is 5.58. The van der Waals surface area contributed by atoms with Crippen LogP contribution >= 0.6 is 11.3 Å². The van der Waals surface area contributed by atoms with Crippen LogP contribution in [0.5, 0.6) is 0 Å². The zero-order valence-corrected chi connectivity index (χ0v) is 19.6. The number of hydrogen-bond acceptors (Lipinski definition) is 7. The zero-order chi connectivity index (χ0) is 24.1. The molecule has 33 heavy (non-hydrogen) atoms. The van der Waals surface area contributed by atoms with Crippen molar-refractivity contribution in [1.29, 1.82) is 0 Å². The molecule has 0 saturated carbocycles. The molecule has 3 N–H and O–H groups in total. The second-order valence-corrected chi connectivity index (χ2v) is 8.68. The summed E-state index contributed by atoms with van der Waals surface area (Å²) in [6, 6.07) is 6.63. The van der Waals surface area contributed by atoms with Crippen LogP contribution in [-0.4, -0.2) is 48.5 Å². The lowest BCUT2D eigenvalue weighted by atomic mass is 10.0. The van der Waals surface area contributed by atoms with E-state index in [-0.39, 0.29) is 12.0 Å². The summed E-state index contributed by atoms with van der Waals surface area (Å²) in [5.74, 6) is -2.30. The molecule has 2 aromatic heterocycles. The number of amides is 2. The molecule has 0 saturated heterocycles. The molecule has 2 amide bonds. The van der Waals surface area contributed by atoms with Crippen LogP contribution in [0.2, 0.25) is 0 Å². The predicted molar refractivity (Wildman–Crippen MR) is 124 cm³/mol. The Hall–Kier alpha value is -3.66. The number of carbonyl (C=O) groups excluding carboxylic acids is 4. The Balaban J connectivity index is 1.67. The number of carbonyl (C=O) groups is 4. The number of fused-ring (bicyclic) bond motifs is 1. The maximum atomic E-state index is 12.7. The first-order valence-corrected chi connectivity index (χ1v) is 11.0. The molecular weight excluding hydrogens is 446 g/mol. The third-order valence-corrected chi connectivity index (χ3v) is 6.26. The van der Waals surface area contributed by atoms with Gasteiger partial charge in [0, 0.05) is 35.3 Å². The molecule has 0 radical (unpaired) electrons. The van der Waals surface area contributed by atoms with E-state index in [1.165, 1.54) is 25.4 Å². The Morgan fingerprint density at radius 3 is 2.58 bits per heavy atom. The molecule has 174 valence electrons. The summed E-state index contributed by atoms with van der Waals surface area (Å²) in [6.45, 7) is 4.32. The van der Waals surface area contributed by atoms with Gasteiger partial charge in [0.15, 0.2) is 6.61 Å². The fourth-order valence-electron chi connectivity index (χ4n) is 3.42. The van der Waals surface area contributed by atoms with Crippen molar-refractivity contribution in [1.82, 2.24) is 10.3 Å². The van der Waals surface area contributed by atoms with Crippen molar-refractivity contribution in [2.75, 3.05) is 19.0 Å². The monoisotopic (exact) mass is 471 g/mol. The minimum atomic E-state index is -0.966. The van der Waals surface area contributed by atoms with E-state index < -0.39 is 36.4 Å². The number of anilines is 1.